The van der Waals surface area contributed by atoms with Crippen molar-refractivity contribution in [3.05, 3.63) is 63.5 Å². The van der Waals surface area contributed by atoms with Crippen LogP contribution in [-0.2, 0) is 0 Å². The fourth-order valence-electron chi connectivity index (χ4n) is 2.87. The van der Waals surface area contributed by atoms with Gasteiger partial charge in [-0.3, -0.25) is 0 Å². The highest BCUT2D eigenvalue weighted by atomic mass is 32.1. The summed E-state index contributed by atoms with van der Waals surface area (Å²) in [6, 6.07) is 0. The zero-order chi connectivity index (χ0) is 18.4. The van der Waals surface area contributed by atoms with Crippen LogP contribution in [0.1, 0.15) is 52.8 Å². The molecule has 5 heteroatoms. The van der Waals surface area contributed by atoms with Gasteiger partial charge in [0.25, 0.3) is 0 Å². The van der Waals surface area contributed by atoms with Crippen LogP contribution in [0.25, 0.3) is 6.08 Å². The predicted molar refractivity (Wildman–Crippen MR) is 105 cm³/mol. The number of hydrogen-bond acceptors (Lipinski definition) is 4. The van der Waals surface area contributed by atoms with Crippen LogP contribution in [0.5, 0.6) is 0 Å². The SMILES string of the molecule is CC(/C=C/C1=C(O)CCCC1(C)C)=C\C=C\C(C)=C\c1nc(=S)o[nH]1. The number of hydrogen-bond donors (Lipinski definition) is 2. The summed E-state index contributed by atoms with van der Waals surface area (Å²) in [7, 11) is 0. The number of nitrogens with one attached hydrogen (secondary N) is 1. The third-order valence-corrected chi connectivity index (χ3v) is 4.48. The van der Waals surface area contributed by atoms with Crippen molar-refractivity contribution in [2.24, 2.45) is 5.41 Å². The monoisotopic (exact) mass is 358 g/mol. The first kappa shape index (κ1) is 19.2. The average molecular weight is 359 g/mol. The minimum absolute atomic E-state index is 0.0337. The van der Waals surface area contributed by atoms with Gasteiger partial charge in [0.15, 0.2) is 5.82 Å². The molecule has 0 bridgehead atoms. The summed E-state index contributed by atoms with van der Waals surface area (Å²) in [5.74, 6) is 1.13. The molecule has 0 saturated heterocycles. The van der Waals surface area contributed by atoms with Crippen molar-refractivity contribution in [2.45, 2.75) is 47.0 Å². The Morgan fingerprint density at radius 3 is 2.68 bits per heavy atom. The topological polar surface area (TPSA) is 62.1 Å². The lowest BCUT2D eigenvalue weighted by atomic mass is 9.74. The van der Waals surface area contributed by atoms with Crippen molar-refractivity contribution in [2.75, 3.05) is 0 Å². The van der Waals surface area contributed by atoms with Crippen molar-refractivity contribution in [1.82, 2.24) is 10.1 Å². The van der Waals surface area contributed by atoms with Crippen LogP contribution in [0.2, 0.25) is 0 Å². The maximum absolute atomic E-state index is 10.2. The molecule has 2 rings (SSSR count). The van der Waals surface area contributed by atoms with Gasteiger partial charge in [0.1, 0.15) is 0 Å². The summed E-state index contributed by atoms with van der Waals surface area (Å²) >= 11 is 4.82. The van der Waals surface area contributed by atoms with E-state index in [0.717, 1.165) is 36.0 Å². The predicted octanol–water partition coefficient (Wildman–Crippen LogP) is 6.22. The van der Waals surface area contributed by atoms with Gasteiger partial charge in [-0.15, -0.1) is 0 Å². The van der Waals surface area contributed by atoms with Crippen LogP contribution in [0.3, 0.4) is 0 Å². The van der Waals surface area contributed by atoms with E-state index in [0.29, 0.717) is 11.6 Å². The zero-order valence-electron chi connectivity index (χ0n) is 15.3. The van der Waals surface area contributed by atoms with Crippen LogP contribution in [0.15, 0.2) is 57.4 Å². The fourth-order valence-corrected chi connectivity index (χ4v) is 3.01. The van der Waals surface area contributed by atoms with Gasteiger partial charge in [-0.05, 0) is 61.5 Å². The highest BCUT2D eigenvalue weighted by Crippen LogP contribution is 2.40. The Kier molecular flexibility index (Phi) is 6.37. The molecule has 1 aliphatic carbocycles. The normalized spacial score (nSPS) is 19.4. The molecule has 0 aliphatic heterocycles. The van der Waals surface area contributed by atoms with Crippen molar-refractivity contribution in [3.63, 3.8) is 0 Å². The second kappa shape index (κ2) is 8.30. The van der Waals surface area contributed by atoms with Gasteiger partial charge < -0.3 is 9.63 Å². The van der Waals surface area contributed by atoms with Crippen LogP contribution < -0.4 is 0 Å². The number of nitrogens with zero attached hydrogens (tertiary/aromatic N) is 1. The molecule has 1 aromatic rings. The Bertz CT molecular complexity index is 817. The smallest absolute Gasteiger partial charge is 0.314 e. The van der Waals surface area contributed by atoms with Gasteiger partial charge in [0, 0.05) is 6.42 Å². The quantitative estimate of drug-likeness (QED) is 0.485. The zero-order valence-corrected chi connectivity index (χ0v) is 16.1. The number of aromatic nitrogens is 2. The standard InChI is InChI=1S/C20H26N2O2S/c1-14(10-11-16-17(23)9-6-12-20(16,3)4)7-5-8-15(2)13-18-21-19(25)24-22-18/h5,7-8,10-11,13,23H,6,9,12H2,1-4H3,(H,21,22,25)/b8-5+,11-10+,14-7+,15-13+. The Hall–Kier alpha value is -2.14. The van der Waals surface area contributed by atoms with Gasteiger partial charge >= 0.3 is 4.84 Å². The summed E-state index contributed by atoms with van der Waals surface area (Å²) in [4.78, 5) is 4.22. The Balaban J connectivity index is 2.04. The van der Waals surface area contributed by atoms with E-state index in [9.17, 15) is 5.11 Å². The summed E-state index contributed by atoms with van der Waals surface area (Å²) in [6.07, 6.45) is 14.9. The third kappa shape index (κ3) is 5.71. The van der Waals surface area contributed by atoms with E-state index in [-0.39, 0.29) is 10.3 Å². The fraction of sp³-hybridized carbons (Fsp3) is 0.400. The van der Waals surface area contributed by atoms with Crippen LogP contribution in [0.4, 0.5) is 0 Å². The summed E-state index contributed by atoms with van der Waals surface area (Å²) in [5, 5.41) is 12.8. The van der Waals surface area contributed by atoms with Crippen LogP contribution in [-0.4, -0.2) is 15.2 Å². The van der Waals surface area contributed by atoms with Crippen molar-refractivity contribution >= 4 is 18.3 Å². The van der Waals surface area contributed by atoms with E-state index in [2.05, 4.69) is 30.1 Å². The van der Waals surface area contributed by atoms with E-state index in [1.54, 1.807) is 0 Å². The first-order chi connectivity index (χ1) is 11.8. The Morgan fingerprint density at radius 2 is 2.04 bits per heavy atom. The number of rotatable bonds is 5. The molecule has 25 heavy (non-hydrogen) atoms. The first-order valence-corrected chi connectivity index (χ1v) is 8.88. The molecule has 0 fully saturated rings. The van der Waals surface area contributed by atoms with Gasteiger partial charge in [-0.25, -0.2) is 5.16 Å². The van der Waals surface area contributed by atoms with E-state index >= 15 is 0 Å². The van der Waals surface area contributed by atoms with Crippen molar-refractivity contribution in [1.29, 1.82) is 0 Å². The molecule has 0 aromatic carbocycles. The Labute approximate surface area is 154 Å². The van der Waals surface area contributed by atoms with Gasteiger partial charge in [0.2, 0.25) is 0 Å². The molecule has 0 saturated carbocycles. The molecular weight excluding hydrogens is 332 g/mol. The highest BCUT2D eigenvalue weighted by molar-refractivity contribution is 7.71. The minimum Gasteiger partial charge on any atom is -0.512 e. The van der Waals surface area contributed by atoms with Crippen molar-refractivity contribution < 1.29 is 9.63 Å². The summed E-state index contributed by atoms with van der Waals surface area (Å²) in [5.41, 5.74) is 3.23. The minimum atomic E-state index is 0.0337. The molecule has 4 nitrogen and oxygen atoms in total. The number of aliphatic hydroxyl groups is 1. The van der Waals surface area contributed by atoms with Gasteiger partial charge in [-0.2, -0.15) is 4.98 Å². The summed E-state index contributed by atoms with van der Waals surface area (Å²) in [6.45, 7) is 8.39. The lowest BCUT2D eigenvalue weighted by Crippen LogP contribution is -2.19. The molecule has 1 aromatic heterocycles. The van der Waals surface area contributed by atoms with Gasteiger partial charge in [0.05, 0.1) is 5.76 Å². The maximum Gasteiger partial charge on any atom is 0.314 e. The average Bonchev–Trinajstić information content (AvgIpc) is 2.91. The van der Waals surface area contributed by atoms with E-state index in [1.165, 1.54) is 0 Å². The molecule has 134 valence electrons. The van der Waals surface area contributed by atoms with Crippen molar-refractivity contribution in [3.8, 4) is 0 Å². The lowest BCUT2D eigenvalue weighted by molar-refractivity contribution is 0.292. The second-order valence-electron chi connectivity index (χ2n) is 7.06. The second-order valence-corrected chi connectivity index (χ2v) is 7.41. The molecule has 1 aliphatic rings. The molecule has 2 N–H and O–H groups in total. The number of aromatic amines is 1. The number of H-pyrrole nitrogens is 1. The maximum atomic E-state index is 10.2. The molecule has 0 spiro atoms. The van der Waals surface area contributed by atoms with E-state index in [1.807, 2.05) is 44.2 Å². The summed E-state index contributed by atoms with van der Waals surface area (Å²) < 4.78 is 4.89. The lowest BCUT2D eigenvalue weighted by Gasteiger charge is -2.31. The molecule has 0 amide bonds. The van der Waals surface area contributed by atoms with Crippen LogP contribution in [0, 0.1) is 10.3 Å². The van der Waals surface area contributed by atoms with E-state index in [4.69, 9.17) is 16.7 Å². The van der Waals surface area contributed by atoms with Crippen LogP contribution >= 0.6 is 12.2 Å². The first-order valence-electron chi connectivity index (χ1n) is 8.47. The molecular formula is C20H26N2O2S. The molecule has 0 unspecified atom stereocenters. The Morgan fingerprint density at radius 1 is 1.28 bits per heavy atom. The number of aliphatic hydroxyl groups excluding tert-OH is 1. The van der Waals surface area contributed by atoms with Gasteiger partial charge in [-0.1, -0.05) is 49.8 Å². The highest BCUT2D eigenvalue weighted by Gasteiger charge is 2.28. The molecule has 0 atom stereocenters. The molecule has 1 heterocycles. The third-order valence-electron chi connectivity index (χ3n) is 4.31. The largest absolute Gasteiger partial charge is 0.512 e. The van der Waals surface area contributed by atoms with E-state index < -0.39 is 0 Å². The number of allylic oxidation sites excluding steroid dienone is 9. The molecule has 0 radical (unpaired) electrons.